The van der Waals surface area contributed by atoms with Crippen molar-refractivity contribution >= 4 is 5.91 Å². The Bertz CT molecular complexity index is 912. The molecule has 1 saturated heterocycles. The Labute approximate surface area is 154 Å². The van der Waals surface area contributed by atoms with Crippen LogP contribution in [0.15, 0.2) is 36.4 Å². The SMILES string of the molecule is CCc1cc(C)c2c(c1)[C@H]1CNC[C@@H]1N(Cc1cccc(C#N)c1)C2=O. The summed E-state index contributed by atoms with van der Waals surface area (Å²) < 4.78 is 0. The van der Waals surface area contributed by atoms with Crippen molar-refractivity contribution in [1.82, 2.24) is 10.2 Å². The maximum atomic E-state index is 13.4. The second kappa shape index (κ2) is 6.59. The summed E-state index contributed by atoms with van der Waals surface area (Å²) in [4.78, 5) is 15.4. The molecule has 1 N–H and O–H groups in total. The number of fused-ring (bicyclic) bond motifs is 3. The minimum atomic E-state index is 0.118. The number of amides is 1. The number of aryl methyl sites for hydroxylation is 2. The van der Waals surface area contributed by atoms with E-state index in [9.17, 15) is 4.79 Å². The molecule has 0 unspecified atom stereocenters. The van der Waals surface area contributed by atoms with E-state index in [4.69, 9.17) is 5.26 Å². The number of carbonyl (C=O) groups is 1. The normalized spacial score (nSPS) is 21.3. The molecule has 4 rings (SSSR count). The van der Waals surface area contributed by atoms with Crippen molar-refractivity contribution in [3.05, 3.63) is 69.8 Å². The van der Waals surface area contributed by atoms with Crippen LogP contribution in [-0.2, 0) is 13.0 Å². The van der Waals surface area contributed by atoms with E-state index in [1.165, 1.54) is 11.1 Å². The van der Waals surface area contributed by atoms with Crippen LogP contribution < -0.4 is 5.32 Å². The van der Waals surface area contributed by atoms with Gasteiger partial charge < -0.3 is 10.2 Å². The highest BCUT2D eigenvalue weighted by Crippen LogP contribution is 2.38. The van der Waals surface area contributed by atoms with Gasteiger partial charge in [-0.1, -0.05) is 31.2 Å². The van der Waals surface area contributed by atoms with Gasteiger partial charge in [0.25, 0.3) is 5.91 Å². The molecule has 132 valence electrons. The number of nitrogens with zero attached hydrogens (tertiary/aromatic N) is 2. The lowest BCUT2D eigenvalue weighted by Crippen LogP contribution is -2.48. The lowest BCUT2D eigenvalue weighted by atomic mass is 9.81. The monoisotopic (exact) mass is 345 g/mol. The van der Waals surface area contributed by atoms with Crippen LogP contribution in [0.2, 0.25) is 0 Å². The fraction of sp³-hybridized carbons (Fsp3) is 0.364. The summed E-state index contributed by atoms with van der Waals surface area (Å²) in [6.07, 6.45) is 0.984. The molecular formula is C22H23N3O. The molecule has 0 bridgehead atoms. The van der Waals surface area contributed by atoms with Gasteiger partial charge in [0, 0.05) is 31.1 Å². The maximum Gasteiger partial charge on any atom is 0.255 e. The highest BCUT2D eigenvalue weighted by atomic mass is 16.2. The van der Waals surface area contributed by atoms with E-state index in [0.29, 0.717) is 18.0 Å². The molecule has 0 radical (unpaired) electrons. The fourth-order valence-electron chi connectivity index (χ4n) is 4.41. The number of carbonyl (C=O) groups excluding carboxylic acids is 1. The van der Waals surface area contributed by atoms with Crippen molar-refractivity contribution < 1.29 is 4.79 Å². The summed E-state index contributed by atoms with van der Waals surface area (Å²) in [6.45, 7) is 6.48. The van der Waals surface area contributed by atoms with Gasteiger partial charge in [-0.3, -0.25) is 4.79 Å². The largest absolute Gasteiger partial charge is 0.329 e. The van der Waals surface area contributed by atoms with Gasteiger partial charge in [0.15, 0.2) is 0 Å². The molecular weight excluding hydrogens is 322 g/mol. The molecule has 2 aliphatic heterocycles. The van der Waals surface area contributed by atoms with Crippen LogP contribution in [0.5, 0.6) is 0 Å². The maximum absolute atomic E-state index is 13.4. The molecule has 26 heavy (non-hydrogen) atoms. The van der Waals surface area contributed by atoms with E-state index in [2.05, 4.69) is 30.4 Å². The van der Waals surface area contributed by atoms with E-state index < -0.39 is 0 Å². The quantitative estimate of drug-likeness (QED) is 0.930. The third kappa shape index (κ3) is 2.69. The molecule has 2 aromatic carbocycles. The van der Waals surface area contributed by atoms with E-state index in [1.54, 1.807) is 6.07 Å². The molecule has 2 aliphatic rings. The number of hydrogen-bond donors (Lipinski definition) is 1. The second-order valence-corrected chi connectivity index (χ2v) is 7.31. The predicted octanol–water partition coefficient (Wildman–Crippen LogP) is 3.14. The first-order valence-electron chi connectivity index (χ1n) is 9.26. The lowest BCUT2D eigenvalue weighted by molar-refractivity contribution is 0.0629. The average Bonchev–Trinajstić information content (AvgIpc) is 3.14. The summed E-state index contributed by atoms with van der Waals surface area (Å²) in [7, 11) is 0. The van der Waals surface area contributed by atoms with Crippen molar-refractivity contribution in [2.24, 2.45) is 0 Å². The van der Waals surface area contributed by atoms with Crippen molar-refractivity contribution in [2.75, 3.05) is 13.1 Å². The molecule has 0 aliphatic carbocycles. The van der Waals surface area contributed by atoms with E-state index in [0.717, 1.165) is 36.2 Å². The molecule has 0 aromatic heterocycles. The van der Waals surface area contributed by atoms with Gasteiger partial charge in [-0.25, -0.2) is 0 Å². The second-order valence-electron chi connectivity index (χ2n) is 7.31. The van der Waals surface area contributed by atoms with E-state index >= 15 is 0 Å². The van der Waals surface area contributed by atoms with Gasteiger partial charge in [0.1, 0.15) is 0 Å². The Morgan fingerprint density at radius 3 is 2.85 bits per heavy atom. The molecule has 2 heterocycles. The smallest absolute Gasteiger partial charge is 0.255 e. The van der Waals surface area contributed by atoms with Gasteiger partial charge in [-0.05, 0) is 47.7 Å². The van der Waals surface area contributed by atoms with Gasteiger partial charge >= 0.3 is 0 Å². The summed E-state index contributed by atoms with van der Waals surface area (Å²) in [5.41, 5.74) is 6.11. The van der Waals surface area contributed by atoms with E-state index in [1.807, 2.05) is 30.0 Å². The van der Waals surface area contributed by atoms with Gasteiger partial charge in [0.05, 0.1) is 17.7 Å². The molecule has 1 fully saturated rings. The Balaban J connectivity index is 1.75. The third-order valence-corrected chi connectivity index (χ3v) is 5.70. The van der Waals surface area contributed by atoms with Crippen molar-refractivity contribution in [1.29, 1.82) is 5.26 Å². The number of nitrogens with one attached hydrogen (secondary N) is 1. The Kier molecular flexibility index (Phi) is 4.26. The Hall–Kier alpha value is -2.64. The first kappa shape index (κ1) is 16.8. The number of nitriles is 1. The molecule has 4 nitrogen and oxygen atoms in total. The van der Waals surface area contributed by atoms with Crippen molar-refractivity contribution in [3.63, 3.8) is 0 Å². The Morgan fingerprint density at radius 2 is 2.08 bits per heavy atom. The minimum Gasteiger partial charge on any atom is -0.329 e. The lowest BCUT2D eigenvalue weighted by Gasteiger charge is -2.39. The summed E-state index contributed by atoms with van der Waals surface area (Å²) in [6, 6.07) is 14.3. The summed E-state index contributed by atoms with van der Waals surface area (Å²) in [5.74, 6) is 0.458. The average molecular weight is 345 g/mol. The first-order chi connectivity index (χ1) is 12.6. The summed E-state index contributed by atoms with van der Waals surface area (Å²) in [5, 5.41) is 12.6. The molecule has 2 aromatic rings. The van der Waals surface area contributed by atoms with Crippen LogP contribution in [0, 0.1) is 18.3 Å². The van der Waals surface area contributed by atoms with Crippen LogP contribution in [0.25, 0.3) is 0 Å². The molecule has 2 atom stereocenters. The van der Waals surface area contributed by atoms with Crippen LogP contribution in [0.1, 0.15) is 51.0 Å². The zero-order valence-electron chi connectivity index (χ0n) is 15.2. The fourth-order valence-corrected chi connectivity index (χ4v) is 4.41. The van der Waals surface area contributed by atoms with E-state index in [-0.39, 0.29) is 11.9 Å². The first-order valence-corrected chi connectivity index (χ1v) is 9.26. The number of hydrogen-bond acceptors (Lipinski definition) is 3. The zero-order chi connectivity index (χ0) is 18.3. The molecule has 1 amide bonds. The minimum absolute atomic E-state index is 0.118. The van der Waals surface area contributed by atoms with Gasteiger partial charge in [-0.2, -0.15) is 5.26 Å². The highest BCUT2D eigenvalue weighted by molar-refractivity contribution is 5.99. The third-order valence-electron chi connectivity index (χ3n) is 5.70. The van der Waals surface area contributed by atoms with Gasteiger partial charge in [0.2, 0.25) is 0 Å². The molecule has 0 spiro atoms. The predicted molar refractivity (Wildman–Crippen MR) is 101 cm³/mol. The van der Waals surface area contributed by atoms with Crippen molar-refractivity contribution in [3.8, 4) is 6.07 Å². The van der Waals surface area contributed by atoms with Crippen LogP contribution in [0.4, 0.5) is 0 Å². The van der Waals surface area contributed by atoms with Crippen LogP contribution >= 0.6 is 0 Å². The number of rotatable bonds is 3. The van der Waals surface area contributed by atoms with Gasteiger partial charge in [-0.15, -0.1) is 0 Å². The number of benzene rings is 2. The van der Waals surface area contributed by atoms with Crippen molar-refractivity contribution in [2.45, 2.75) is 38.8 Å². The molecule has 4 heteroatoms. The van der Waals surface area contributed by atoms with Crippen LogP contribution in [-0.4, -0.2) is 29.9 Å². The van der Waals surface area contributed by atoms with Crippen LogP contribution in [0.3, 0.4) is 0 Å². The topological polar surface area (TPSA) is 56.1 Å². The Morgan fingerprint density at radius 1 is 1.23 bits per heavy atom. The zero-order valence-corrected chi connectivity index (χ0v) is 15.2. The highest BCUT2D eigenvalue weighted by Gasteiger charge is 2.43. The standard InChI is InChI=1S/C22H23N3O/c1-3-15-7-14(2)21-18(9-15)19-11-24-12-20(19)25(22(21)26)13-17-6-4-5-16(8-17)10-23/h4-9,19-20,24H,3,11-13H2,1-2H3/t19-,20+/m1/s1. The molecule has 0 saturated carbocycles. The summed E-state index contributed by atoms with van der Waals surface area (Å²) >= 11 is 0.